The molecule has 1 aliphatic heterocycles. The molecule has 4 rings (SSSR count). The lowest BCUT2D eigenvalue weighted by atomic mass is 10.1. The predicted octanol–water partition coefficient (Wildman–Crippen LogP) is 3.90. The zero-order valence-electron chi connectivity index (χ0n) is 14.5. The molecule has 1 saturated heterocycles. The van der Waals surface area contributed by atoms with Gasteiger partial charge in [0.2, 0.25) is 0 Å². The average molecular weight is 353 g/mol. The van der Waals surface area contributed by atoms with Crippen LogP contribution in [0.2, 0.25) is 0 Å². The molecule has 5 nitrogen and oxygen atoms in total. The number of benzene rings is 1. The highest BCUT2D eigenvalue weighted by atomic mass is 32.2. The number of thioether (sulfide) groups is 1. The molecule has 3 aromatic rings. The molecule has 1 fully saturated rings. The third kappa shape index (κ3) is 3.49. The van der Waals surface area contributed by atoms with E-state index in [0.717, 1.165) is 30.2 Å². The van der Waals surface area contributed by atoms with E-state index in [0.29, 0.717) is 11.0 Å². The topological polar surface area (TPSA) is 46.3 Å². The number of anilines is 1. The number of aromatic nitrogens is 4. The van der Waals surface area contributed by atoms with Crippen molar-refractivity contribution in [3.8, 4) is 11.3 Å². The van der Waals surface area contributed by atoms with Crippen molar-refractivity contribution in [3.63, 3.8) is 0 Å². The molecule has 130 valence electrons. The van der Waals surface area contributed by atoms with Gasteiger partial charge in [0.15, 0.2) is 0 Å². The maximum absolute atomic E-state index is 4.70. The lowest BCUT2D eigenvalue weighted by molar-refractivity contribution is 0.734. The fraction of sp³-hybridized carbons (Fsp3) is 0.421. The van der Waals surface area contributed by atoms with Gasteiger partial charge in [-0.05, 0) is 18.6 Å². The first-order valence-corrected chi connectivity index (χ1v) is 10.0. The van der Waals surface area contributed by atoms with Gasteiger partial charge in [0.1, 0.15) is 12.1 Å². The van der Waals surface area contributed by atoms with E-state index in [1.807, 2.05) is 22.7 Å². The van der Waals surface area contributed by atoms with E-state index in [-0.39, 0.29) is 0 Å². The maximum Gasteiger partial charge on any atom is 0.254 e. The van der Waals surface area contributed by atoms with Crippen LogP contribution in [0.3, 0.4) is 0 Å². The monoisotopic (exact) mass is 353 g/mol. The predicted molar refractivity (Wildman–Crippen MR) is 104 cm³/mol. The first-order chi connectivity index (χ1) is 12.3. The van der Waals surface area contributed by atoms with Crippen molar-refractivity contribution in [2.45, 2.75) is 31.4 Å². The normalized spacial score (nSPS) is 18.4. The van der Waals surface area contributed by atoms with Crippen molar-refractivity contribution in [2.75, 3.05) is 23.7 Å². The van der Waals surface area contributed by atoms with Crippen LogP contribution in [0.4, 0.5) is 5.82 Å². The Morgan fingerprint density at radius 2 is 2.08 bits per heavy atom. The molecule has 1 unspecified atom stereocenters. The van der Waals surface area contributed by atoms with E-state index in [1.54, 1.807) is 6.33 Å². The van der Waals surface area contributed by atoms with Crippen LogP contribution in [0, 0.1) is 0 Å². The fourth-order valence-corrected chi connectivity index (χ4v) is 4.55. The quantitative estimate of drug-likeness (QED) is 0.712. The van der Waals surface area contributed by atoms with Crippen molar-refractivity contribution in [1.82, 2.24) is 19.6 Å². The number of fused-ring (bicyclic) bond motifs is 1. The van der Waals surface area contributed by atoms with Crippen LogP contribution in [0.15, 0.2) is 42.7 Å². The van der Waals surface area contributed by atoms with Crippen molar-refractivity contribution in [3.05, 3.63) is 42.7 Å². The van der Waals surface area contributed by atoms with Crippen molar-refractivity contribution >= 4 is 23.4 Å². The van der Waals surface area contributed by atoms with Crippen LogP contribution in [-0.4, -0.2) is 43.7 Å². The molecule has 0 spiro atoms. The Labute approximate surface area is 152 Å². The molecule has 0 aliphatic carbocycles. The number of hydrogen-bond donors (Lipinski definition) is 0. The second-order valence-electron chi connectivity index (χ2n) is 6.36. The van der Waals surface area contributed by atoms with Gasteiger partial charge in [-0.3, -0.25) is 0 Å². The molecule has 0 radical (unpaired) electrons. The summed E-state index contributed by atoms with van der Waals surface area (Å²) in [5, 5.41) is 5.10. The highest BCUT2D eigenvalue weighted by molar-refractivity contribution is 7.99. The first kappa shape index (κ1) is 16.4. The van der Waals surface area contributed by atoms with Crippen LogP contribution in [-0.2, 0) is 0 Å². The van der Waals surface area contributed by atoms with Gasteiger partial charge in [0.05, 0.1) is 5.69 Å². The van der Waals surface area contributed by atoms with Crippen molar-refractivity contribution in [1.29, 1.82) is 0 Å². The summed E-state index contributed by atoms with van der Waals surface area (Å²) in [4.78, 5) is 11.5. The lowest BCUT2D eigenvalue weighted by Gasteiger charge is -2.26. The average Bonchev–Trinajstić information content (AvgIpc) is 3.01. The molecule has 0 saturated carbocycles. The van der Waals surface area contributed by atoms with Crippen LogP contribution in [0.5, 0.6) is 0 Å². The minimum atomic E-state index is 0.667. The van der Waals surface area contributed by atoms with E-state index < -0.39 is 0 Å². The van der Waals surface area contributed by atoms with E-state index >= 15 is 0 Å². The van der Waals surface area contributed by atoms with Crippen LogP contribution in [0.25, 0.3) is 17.0 Å². The fourth-order valence-electron chi connectivity index (χ4n) is 3.46. The second kappa shape index (κ2) is 7.44. The molecule has 1 aliphatic rings. The van der Waals surface area contributed by atoms with Crippen LogP contribution < -0.4 is 4.90 Å². The van der Waals surface area contributed by atoms with E-state index in [1.165, 1.54) is 25.0 Å². The second-order valence-corrected chi connectivity index (χ2v) is 7.93. The highest BCUT2D eigenvalue weighted by Crippen LogP contribution is 2.28. The Bertz CT molecular complexity index is 832. The minimum Gasteiger partial charge on any atom is -0.355 e. The van der Waals surface area contributed by atoms with Gasteiger partial charge in [-0.2, -0.15) is 26.4 Å². The van der Waals surface area contributed by atoms with Gasteiger partial charge in [-0.1, -0.05) is 43.7 Å². The SMILES string of the molecule is CCSC1CCCCN(c2cc(-c3ccccc3)nc3ncnn23)C1. The van der Waals surface area contributed by atoms with Crippen LogP contribution >= 0.6 is 11.8 Å². The van der Waals surface area contributed by atoms with Crippen LogP contribution in [0.1, 0.15) is 26.2 Å². The summed E-state index contributed by atoms with van der Waals surface area (Å²) >= 11 is 2.07. The molecule has 25 heavy (non-hydrogen) atoms. The number of hydrogen-bond acceptors (Lipinski definition) is 5. The maximum atomic E-state index is 4.70. The van der Waals surface area contributed by atoms with Gasteiger partial charge in [-0.25, -0.2) is 4.98 Å². The Morgan fingerprint density at radius 1 is 1.20 bits per heavy atom. The lowest BCUT2D eigenvalue weighted by Crippen LogP contribution is -2.31. The summed E-state index contributed by atoms with van der Waals surface area (Å²) in [7, 11) is 0. The van der Waals surface area contributed by atoms with E-state index in [2.05, 4.69) is 51.9 Å². The van der Waals surface area contributed by atoms with E-state index in [4.69, 9.17) is 4.98 Å². The standard InChI is InChI=1S/C19H23N5S/c1-2-25-16-10-6-7-11-23(13-16)18-12-17(15-8-4-3-5-9-15)22-19-20-14-21-24(18)19/h3-5,8-9,12,14,16H,2,6-7,10-11,13H2,1H3. The summed E-state index contributed by atoms with van der Waals surface area (Å²) in [6, 6.07) is 12.5. The zero-order chi connectivity index (χ0) is 17.1. The summed E-state index contributed by atoms with van der Waals surface area (Å²) in [6.45, 7) is 4.37. The Kier molecular flexibility index (Phi) is 4.88. The number of nitrogens with zero attached hydrogens (tertiary/aromatic N) is 5. The Morgan fingerprint density at radius 3 is 2.92 bits per heavy atom. The third-order valence-electron chi connectivity index (χ3n) is 4.66. The van der Waals surface area contributed by atoms with E-state index in [9.17, 15) is 0 Å². The molecular formula is C19H23N5S. The molecular weight excluding hydrogens is 330 g/mol. The third-order valence-corrected chi connectivity index (χ3v) is 5.85. The molecule has 1 aromatic carbocycles. The molecule has 1 atom stereocenters. The summed E-state index contributed by atoms with van der Waals surface area (Å²) in [5.74, 6) is 2.94. The minimum absolute atomic E-state index is 0.667. The molecule has 0 amide bonds. The molecule has 0 N–H and O–H groups in total. The van der Waals surface area contributed by atoms with Gasteiger partial charge in [0, 0.05) is 30.0 Å². The summed E-state index contributed by atoms with van der Waals surface area (Å²) < 4.78 is 1.88. The highest BCUT2D eigenvalue weighted by Gasteiger charge is 2.21. The zero-order valence-corrected chi connectivity index (χ0v) is 15.3. The largest absolute Gasteiger partial charge is 0.355 e. The summed E-state index contributed by atoms with van der Waals surface area (Å²) in [5.41, 5.74) is 2.07. The van der Waals surface area contributed by atoms with Gasteiger partial charge in [0.25, 0.3) is 5.78 Å². The smallest absolute Gasteiger partial charge is 0.254 e. The van der Waals surface area contributed by atoms with Gasteiger partial charge < -0.3 is 4.90 Å². The van der Waals surface area contributed by atoms with Crippen molar-refractivity contribution < 1.29 is 0 Å². The van der Waals surface area contributed by atoms with Gasteiger partial charge >= 0.3 is 0 Å². The van der Waals surface area contributed by atoms with Crippen molar-refractivity contribution in [2.24, 2.45) is 0 Å². The number of rotatable bonds is 4. The first-order valence-electron chi connectivity index (χ1n) is 8.98. The molecule has 0 bridgehead atoms. The molecule has 3 heterocycles. The molecule has 2 aromatic heterocycles. The Balaban J connectivity index is 1.76. The summed E-state index contributed by atoms with van der Waals surface area (Å²) in [6.07, 6.45) is 5.41. The Hall–Kier alpha value is -2.08. The van der Waals surface area contributed by atoms with Gasteiger partial charge in [-0.15, -0.1) is 0 Å². The molecule has 6 heteroatoms.